The molecule has 3 nitrogen and oxygen atoms in total. The van der Waals surface area contributed by atoms with Gasteiger partial charge in [-0.05, 0) is 25.7 Å². The molecule has 0 aromatic rings. The molecule has 128 valence electrons. The number of rotatable bonds is 8. The van der Waals surface area contributed by atoms with Crippen LogP contribution in [0, 0.1) is 0 Å². The molecule has 0 aromatic carbocycles. The van der Waals surface area contributed by atoms with Gasteiger partial charge in [0.15, 0.2) is 0 Å². The molecule has 0 aliphatic carbocycles. The molecule has 0 saturated carbocycles. The van der Waals surface area contributed by atoms with Crippen LogP contribution in [0.3, 0.4) is 0 Å². The van der Waals surface area contributed by atoms with E-state index in [1.807, 2.05) is 0 Å². The van der Waals surface area contributed by atoms with Gasteiger partial charge in [-0.1, -0.05) is 52.1 Å². The Kier molecular flexibility index (Phi) is 23.2. The number of thiocarbonyl (C=S) groups is 2. The molecule has 0 rings (SSSR count). The molecule has 0 unspecified atom stereocenters. The summed E-state index contributed by atoms with van der Waals surface area (Å²) in [6.45, 7) is 12.7. The van der Waals surface area contributed by atoms with Gasteiger partial charge >= 0.3 is 0 Å². The number of thiol groups is 2. The highest BCUT2D eigenvalue weighted by atomic mass is 32.1. The predicted octanol–water partition coefficient (Wildman–Crippen LogP) is 4.81. The minimum atomic E-state index is 0. The summed E-state index contributed by atoms with van der Waals surface area (Å²) < 4.78 is 1.45. The van der Waals surface area contributed by atoms with Gasteiger partial charge in [0, 0.05) is 26.2 Å². The van der Waals surface area contributed by atoms with Crippen molar-refractivity contribution in [3.8, 4) is 0 Å². The van der Waals surface area contributed by atoms with E-state index in [0.717, 1.165) is 60.5 Å². The number of hydrogen-bond acceptors (Lipinski definition) is 3. The normalized spacial score (nSPS) is 9.05. The molecule has 0 fully saturated rings. The molecule has 0 bridgehead atoms. The van der Waals surface area contributed by atoms with E-state index in [4.69, 9.17) is 24.4 Å². The molecule has 0 radical (unpaired) electrons. The maximum atomic E-state index is 4.94. The van der Waals surface area contributed by atoms with E-state index < -0.39 is 0 Å². The highest BCUT2D eigenvalue weighted by Crippen LogP contribution is 2.00. The first kappa shape index (κ1) is 26.3. The van der Waals surface area contributed by atoms with Crippen LogP contribution in [-0.4, -0.2) is 44.6 Å². The summed E-state index contributed by atoms with van der Waals surface area (Å²) in [6, 6.07) is 0. The first-order chi connectivity index (χ1) is 9.44. The van der Waals surface area contributed by atoms with Crippen molar-refractivity contribution in [3.05, 3.63) is 0 Å². The van der Waals surface area contributed by atoms with Gasteiger partial charge in [0.1, 0.15) is 8.64 Å². The van der Waals surface area contributed by atoms with Crippen LogP contribution in [0.2, 0.25) is 0 Å². The third-order valence-corrected chi connectivity index (χ3v) is 3.60. The van der Waals surface area contributed by atoms with Crippen LogP contribution < -0.4 is 6.15 Å². The summed E-state index contributed by atoms with van der Waals surface area (Å²) >= 11 is 18.1. The van der Waals surface area contributed by atoms with Crippen molar-refractivity contribution in [1.82, 2.24) is 16.0 Å². The van der Waals surface area contributed by atoms with Gasteiger partial charge < -0.3 is 16.0 Å². The minimum Gasteiger partial charge on any atom is -0.358 e. The van der Waals surface area contributed by atoms with Crippen molar-refractivity contribution < 1.29 is 0 Å². The second-order valence-corrected chi connectivity index (χ2v) is 6.76. The van der Waals surface area contributed by atoms with Crippen LogP contribution in [0.1, 0.15) is 53.4 Å². The lowest BCUT2D eigenvalue weighted by molar-refractivity contribution is 0.431. The zero-order chi connectivity index (χ0) is 16.0. The van der Waals surface area contributed by atoms with Crippen LogP contribution in [0.25, 0.3) is 0 Å². The van der Waals surface area contributed by atoms with Gasteiger partial charge in [0.2, 0.25) is 0 Å². The first-order valence-electron chi connectivity index (χ1n) is 7.40. The van der Waals surface area contributed by atoms with Crippen molar-refractivity contribution in [1.29, 1.82) is 0 Å². The number of hydrogen-bond donors (Lipinski definition) is 3. The van der Waals surface area contributed by atoms with E-state index in [1.54, 1.807) is 0 Å². The Morgan fingerprint density at radius 2 is 0.857 bits per heavy atom. The molecular formula is C14H33N3S4. The van der Waals surface area contributed by atoms with Gasteiger partial charge in [-0.15, -0.1) is 25.3 Å². The minimum absolute atomic E-state index is 0. The first-order valence-corrected chi connectivity index (χ1v) is 9.11. The van der Waals surface area contributed by atoms with E-state index in [9.17, 15) is 0 Å². The molecule has 0 spiro atoms. The second-order valence-electron chi connectivity index (χ2n) is 4.54. The van der Waals surface area contributed by atoms with Gasteiger partial charge in [0.25, 0.3) is 0 Å². The standard InChI is InChI=1S/2C7H15NS2.H3N/c2*1-3-5-8(6-4-2)7(9)10;/h2*3-6H2,1-2H3,(H,9,10);1H3. The van der Waals surface area contributed by atoms with Crippen LogP contribution in [0.5, 0.6) is 0 Å². The Morgan fingerprint density at radius 1 is 0.667 bits per heavy atom. The average molecular weight is 372 g/mol. The smallest absolute Gasteiger partial charge is 0.133 e. The molecule has 0 aliphatic heterocycles. The lowest BCUT2D eigenvalue weighted by atomic mass is 10.4. The third kappa shape index (κ3) is 16.6. The maximum absolute atomic E-state index is 4.94. The van der Waals surface area contributed by atoms with Gasteiger partial charge in [-0.3, -0.25) is 0 Å². The van der Waals surface area contributed by atoms with Crippen molar-refractivity contribution in [2.75, 3.05) is 26.2 Å². The molecule has 21 heavy (non-hydrogen) atoms. The highest BCUT2D eigenvalue weighted by Gasteiger charge is 2.02. The highest BCUT2D eigenvalue weighted by molar-refractivity contribution is 8.11. The van der Waals surface area contributed by atoms with Crippen LogP contribution in [-0.2, 0) is 0 Å². The fourth-order valence-electron chi connectivity index (χ4n) is 1.69. The van der Waals surface area contributed by atoms with E-state index in [2.05, 4.69) is 62.8 Å². The zero-order valence-electron chi connectivity index (χ0n) is 14.0. The molecular weight excluding hydrogens is 338 g/mol. The topological polar surface area (TPSA) is 41.5 Å². The van der Waals surface area contributed by atoms with Crippen molar-refractivity contribution in [3.63, 3.8) is 0 Å². The van der Waals surface area contributed by atoms with Crippen molar-refractivity contribution in [2.45, 2.75) is 53.4 Å². The summed E-state index contributed by atoms with van der Waals surface area (Å²) in [5, 5.41) is 0. The second kappa shape index (κ2) is 18.5. The summed E-state index contributed by atoms with van der Waals surface area (Å²) in [4.78, 5) is 4.25. The molecule has 0 amide bonds. The Balaban J connectivity index is -0.000000295. The Morgan fingerprint density at radius 3 is 0.952 bits per heavy atom. The molecule has 3 N–H and O–H groups in total. The van der Waals surface area contributed by atoms with Crippen LogP contribution in [0.4, 0.5) is 0 Å². The number of nitrogens with zero attached hydrogens (tertiary/aromatic N) is 2. The molecule has 7 heteroatoms. The van der Waals surface area contributed by atoms with Gasteiger partial charge in [0.05, 0.1) is 0 Å². The van der Waals surface area contributed by atoms with Gasteiger partial charge in [-0.2, -0.15) is 0 Å². The fourth-order valence-corrected chi connectivity index (χ4v) is 2.45. The van der Waals surface area contributed by atoms with Crippen molar-refractivity contribution in [2.24, 2.45) is 0 Å². The zero-order valence-corrected chi connectivity index (χ0v) is 17.4. The lowest BCUT2D eigenvalue weighted by Gasteiger charge is -2.20. The van der Waals surface area contributed by atoms with Crippen molar-refractivity contribution >= 4 is 58.3 Å². The van der Waals surface area contributed by atoms with E-state index in [1.165, 1.54) is 0 Å². The Labute approximate surface area is 153 Å². The monoisotopic (exact) mass is 371 g/mol. The van der Waals surface area contributed by atoms with E-state index in [0.29, 0.717) is 0 Å². The molecule has 0 saturated heterocycles. The van der Waals surface area contributed by atoms with Gasteiger partial charge in [-0.25, -0.2) is 0 Å². The summed E-state index contributed by atoms with van der Waals surface area (Å²) in [5.41, 5.74) is 0. The third-order valence-electron chi connectivity index (χ3n) is 2.52. The molecule has 0 atom stereocenters. The average Bonchev–Trinajstić information content (AvgIpc) is 2.38. The largest absolute Gasteiger partial charge is 0.358 e. The maximum Gasteiger partial charge on any atom is 0.133 e. The summed E-state index contributed by atoms with van der Waals surface area (Å²) in [7, 11) is 0. The van der Waals surface area contributed by atoms with Crippen LogP contribution in [0.15, 0.2) is 0 Å². The summed E-state index contributed by atoms with van der Waals surface area (Å²) in [6.07, 6.45) is 4.56. The fraction of sp³-hybridized carbons (Fsp3) is 0.857. The molecule has 0 heterocycles. The van der Waals surface area contributed by atoms with Crippen LogP contribution >= 0.6 is 49.7 Å². The quantitative estimate of drug-likeness (QED) is 0.422. The Bertz CT molecular complexity index is 225. The summed E-state index contributed by atoms with van der Waals surface area (Å²) in [5.74, 6) is 0. The lowest BCUT2D eigenvalue weighted by Crippen LogP contribution is -2.27. The predicted molar refractivity (Wildman–Crippen MR) is 113 cm³/mol. The molecule has 0 aromatic heterocycles. The molecule has 0 aliphatic rings. The SMILES string of the molecule is CCCN(CCC)C(=S)S.CCCN(CCC)C(=S)S.N. The Hall–Kier alpha value is 0.440. The van der Waals surface area contributed by atoms with E-state index in [-0.39, 0.29) is 6.15 Å². The van der Waals surface area contributed by atoms with E-state index >= 15 is 0 Å².